The van der Waals surface area contributed by atoms with Crippen LogP contribution in [0.3, 0.4) is 0 Å². The smallest absolute Gasteiger partial charge is 0.132 e. The van der Waals surface area contributed by atoms with Crippen molar-refractivity contribution in [2.45, 2.75) is 30.0 Å². The predicted molar refractivity (Wildman–Crippen MR) is 78.7 cm³/mol. The Kier molecular flexibility index (Phi) is 4.56. The van der Waals surface area contributed by atoms with Gasteiger partial charge in [0.1, 0.15) is 17.3 Å². The van der Waals surface area contributed by atoms with Crippen LogP contribution in [0, 0.1) is 6.92 Å². The van der Waals surface area contributed by atoms with Gasteiger partial charge >= 0.3 is 0 Å². The molecule has 2 unspecified atom stereocenters. The second kappa shape index (κ2) is 6.17. The predicted octanol–water partition coefficient (Wildman–Crippen LogP) is 3.78. The number of hydrogen-bond acceptors (Lipinski definition) is 4. The van der Waals surface area contributed by atoms with E-state index in [1.54, 1.807) is 18.9 Å². The van der Waals surface area contributed by atoms with Crippen molar-refractivity contribution in [2.24, 2.45) is 5.73 Å². The maximum Gasteiger partial charge on any atom is 0.132 e. The Bertz CT molecular complexity index is 536. The zero-order chi connectivity index (χ0) is 13.8. The highest BCUT2D eigenvalue weighted by atomic mass is 32.2. The second-order valence-corrected chi connectivity index (χ2v) is 5.68. The van der Waals surface area contributed by atoms with Crippen molar-refractivity contribution >= 4 is 11.8 Å². The van der Waals surface area contributed by atoms with Gasteiger partial charge in [0, 0.05) is 6.04 Å². The van der Waals surface area contributed by atoms with Crippen molar-refractivity contribution in [1.29, 1.82) is 0 Å². The molecule has 0 amide bonds. The van der Waals surface area contributed by atoms with Crippen molar-refractivity contribution in [2.75, 3.05) is 7.11 Å². The van der Waals surface area contributed by atoms with Gasteiger partial charge in [-0.25, -0.2) is 0 Å². The summed E-state index contributed by atoms with van der Waals surface area (Å²) in [6.07, 6.45) is 0. The van der Waals surface area contributed by atoms with E-state index in [4.69, 9.17) is 14.9 Å². The fourth-order valence-corrected chi connectivity index (χ4v) is 3.04. The van der Waals surface area contributed by atoms with Gasteiger partial charge in [0.15, 0.2) is 0 Å². The molecule has 0 aliphatic carbocycles. The van der Waals surface area contributed by atoms with Crippen LogP contribution in [0.4, 0.5) is 0 Å². The average molecular weight is 277 g/mol. The number of nitrogens with two attached hydrogens (primary N) is 1. The van der Waals surface area contributed by atoms with Crippen LogP contribution in [0.15, 0.2) is 45.7 Å². The topological polar surface area (TPSA) is 48.4 Å². The molecular formula is C15H19NO2S. The quantitative estimate of drug-likeness (QED) is 0.845. The van der Waals surface area contributed by atoms with Crippen LogP contribution >= 0.6 is 11.8 Å². The average Bonchev–Trinajstić information content (AvgIpc) is 2.82. The summed E-state index contributed by atoms with van der Waals surface area (Å²) in [5.41, 5.74) is 6.10. The Balaban J connectivity index is 2.26. The largest absolute Gasteiger partial charge is 0.496 e. The Morgan fingerprint density at radius 1 is 1.21 bits per heavy atom. The van der Waals surface area contributed by atoms with Crippen LogP contribution < -0.4 is 10.5 Å². The van der Waals surface area contributed by atoms with Gasteiger partial charge in [-0.2, -0.15) is 0 Å². The molecule has 0 saturated heterocycles. The molecule has 0 aliphatic rings. The summed E-state index contributed by atoms with van der Waals surface area (Å²) in [6.45, 7) is 3.93. The fourth-order valence-electron chi connectivity index (χ4n) is 1.88. The Labute approximate surface area is 118 Å². The lowest BCUT2D eigenvalue weighted by molar-refractivity contribution is 0.404. The summed E-state index contributed by atoms with van der Waals surface area (Å²) in [6, 6.07) is 11.9. The molecule has 0 saturated carbocycles. The molecule has 2 atom stereocenters. The van der Waals surface area contributed by atoms with Gasteiger partial charge < -0.3 is 14.9 Å². The van der Waals surface area contributed by atoms with Gasteiger partial charge in [-0.05, 0) is 38.1 Å². The van der Waals surface area contributed by atoms with Crippen molar-refractivity contribution < 1.29 is 9.15 Å². The number of rotatable bonds is 5. The Morgan fingerprint density at radius 2 is 1.95 bits per heavy atom. The summed E-state index contributed by atoms with van der Waals surface area (Å²) in [4.78, 5) is 1.07. The number of thioether (sulfide) groups is 1. The van der Waals surface area contributed by atoms with E-state index in [1.807, 2.05) is 50.2 Å². The molecule has 3 nitrogen and oxygen atoms in total. The molecule has 4 heteroatoms. The first-order valence-corrected chi connectivity index (χ1v) is 7.11. The van der Waals surface area contributed by atoms with Crippen LogP contribution in [-0.2, 0) is 0 Å². The summed E-state index contributed by atoms with van der Waals surface area (Å²) in [5.74, 6) is 2.67. The monoisotopic (exact) mass is 277 g/mol. The molecule has 2 rings (SSSR count). The van der Waals surface area contributed by atoms with Gasteiger partial charge in [-0.3, -0.25) is 0 Å². The number of furan rings is 1. The van der Waals surface area contributed by atoms with Crippen molar-refractivity contribution in [1.82, 2.24) is 0 Å². The van der Waals surface area contributed by atoms with Crippen LogP contribution in [0.5, 0.6) is 5.75 Å². The number of benzene rings is 1. The van der Waals surface area contributed by atoms with E-state index in [-0.39, 0.29) is 11.3 Å². The molecule has 2 N–H and O–H groups in total. The molecule has 2 aromatic rings. The summed E-state index contributed by atoms with van der Waals surface area (Å²) >= 11 is 1.67. The maximum absolute atomic E-state index is 6.10. The molecule has 1 heterocycles. The SMILES string of the molecule is COc1ccccc1SC(c1ccc(C)o1)C(C)N. The number of hydrogen-bond donors (Lipinski definition) is 1. The van der Waals surface area contributed by atoms with E-state index in [2.05, 4.69) is 0 Å². The molecule has 0 fully saturated rings. The molecule has 0 aliphatic heterocycles. The first kappa shape index (κ1) is 14.0. The van der Waals surface area contributed by atoms with Crippen LogP contribution in [0.1, 0.15) is 23.7 Å². The zero-order valence-electron chi connectivity index (χ0n) is 11.4. The number of aryl methyl sites for hydroxylation is 1. The molecule has 0 bridgehead atoms. The van der Waals surface area contributed by atoms with Crippen LogP contribution in [-0.4, -0.2) is 13.2 Å². The zero-order valence-corrected chi connectivity index (χ0v) is 12.2. The minimum absolute atomic E-state index is 0.0135. The first-order valence-electron chi connectivity index (χ1n) is 6.23. The van der Waals surface area contributed by atoms with E-state index in [9.17, 15) is 0 Å². The van der Waals surface area contributed by atoms with Crippen molar-refractivity contribution in [3.63, 3.8) is 0 Å². The fraction of sp³-hybridized carbons (Fsp3) is 0.333. The summed E-state index contributed by atoms with van der Waals surface area (Å²) < 4.78 is 11.1. The maximum atomic E-state index is 6.10. The lowest BCUT2D eigenvalue weighted by Crippen LogP contribution is -2.22. The molecule has 102 valence electrons. The Hall–Kier alpha value is -1.39. The van der Waals surface area contributed by atoms with Gasteiger partial charge in [0.05, 0.1) is 17.3 Å². The summed E-state index contributed by atoms with van der Waals surface area (Å²) in [7, 11) is 1.68. The van der Waals surface area contributed by atoms with Crippen molar-refractivity contribution in [3.8, 4) is 5.75 Å². The highest BCUT2D eigenvalue weighted by Gasteiger charge is 2.22. The Morgan fingerprint density at radius 3 is 2.53 bits per heavy atom. The third kappa shape index (κ3) is 3.33. The minimum atomic E-state index is -0.0135. The van der Waals surface area contributed by atoms with Gasteiger partial charge in [0.25, 0.3) is 0 Å². The van der Waals surface area contributed by atoms with E-state index < -0.39 is 0 Å². The molecule has 1 aromatic carbocycles. The standard InChI is InChI=1S/C15H19NO2S/c1-10-8-9-13(18-10)15(11(2)16)19-14-7-5-4-6-12(14)17-3/h4-9,11,15H,16H2,1-3H3. The molecule has 1 aromatic heterocycles. The van der Waals surface area contributed by atoms with Crippen LogP contribution in [0.25, 0.3) is 0 Å². The van der Waals surface area contributed by atoms with E-state index in [1.165, 1.54) is 0 Å². The van der Waals surface area contributed by atoms with E-state index in [0.29, 0.717) is 0 Å². The van der Waals surface area contributed by atoms with Gasteiger partial charge in [-0.15, -0.1) is 11.8 Å². The molecule has 0 spiro atoms. The van der Waals surface area contributed by atoms with Gasteiger partial charge in [0.2, 0.25) is 0 Å². The van der Waals surface area contributed by atoms with Crippen LogP contribution in [0.2, 0.25) is 0 Å². The first-order chi connectivity index (χ1) is 9.11. The molecular weight excluding hydrogens is 258 g/mol. The van der Waals surface area contributed by atoms with E-state index in [0.717, 1.165) is 22.2 Å². The third-order valence-electron chi connectivity index (χ3n) is 2.84. The number of methoxy groups -OCH3 is 1. The normalized spacial score (nSPS) is 14.1. The second-order valence-electron chi connectivity index (χ2n) is 4.50. The lowest BCUT2D eigenvalue weighted by Gasteiger charge is -2.19. The number of ether oxygens (including phenoxy) is 1. The van der Waals surface area contributed by atoms with Gasteiger partial charge in [-0.1, -0.05) is 12.1 Å². The van der Waals surface area contributed by atoms with Crippen molar-refractivity contribution in [3.05, 3.63) is 47.9 Å². The third-order valence-corrected chi connectivity index (χ3v) is 4.35. The number of para-hydroxylation sites is 1. The lowest BCUT2D eigenvalue weighted by atomic mass is 10.2. The highest BCUT2D eigenvalue weighted by Crippen LogP contribution is 2.41. The molecule has 0 radical (unpaired) electrons. The summed E-state index contributed by atoms with van der Waals surface area (Å²) in [5, 5.41) is 0.0741. The van der Waals surface area contributed by atoms with E-state index >= 15 is 0 Å². The highest BCUT2D eigenvalue weighted by molar-refractivity contribution is 7.99. The minimum Gasteiger partial charge on any atom is -0.496 e. The molecule has 19 heavy (non-hydrogen) atoms.